The molecule has 0 aliphatic carbocycles. The van der Waals surface area contributed by atoms with Gasteiger partial charge < -0.3 is 35.2 Å². The molecule has 0 aromatic rings. The Morgan fingerprint density at radius 2 is 1.71 bits per heavy atom. The fraction of sp³-hybridized carbons (Fsp3) is 0.818. The molecule has 0 atom stereocenters. The van der Waals surface area contributed by atoms with E-state index in [2.05, 4.69) is 5.32 Å². The van der Waals surface area contributed by atoms with Gasteiger partial charge in [0.05, 0.1) is 27.1 Å². The van der Waals surface area contributed by atoms with Gasteiger partial charge in [-0.05, 0) is 19.4 Å². The summed E-state index contributed by atoms with van der Waals surface area (Å²) in [6.45, 7) is 0.941. The molecule has 0 saturated heterocycles. The predicted octanol–water partition coefficient (Wildman–Crippen LogP) is -1.55. The van der Waals surface area contributed by atoms with Crippen molar-refractivity contribution in [1.29, 1.82) is 0 Å². The smallest absolute Gasteiger partial charge is 0.413 e. The number of carboxylic acid groups (broad SMARTS) is 1. The van der Waals surface area contributed by atoms with E-state index in [0.29, 0.717) is 17.4 Å². The predicted molar refractivity (Wildman–Crippen MR) is 76.3 cm³/mol. The number of carboxylic acids is 1. The van der Waals surface area contributed by atoms with Crippen LogP contribution in [0.5, 0.6) is 0 Å². The standard InChI is InChI=1S/C6H15N2O4P.C5H11NO2/c7-4-2-1-3-5-8-6(9)13(10,11)12;1-6(2,3)4-5(7)8/h1-5,7H2,(H,8,9)(H2,10,11,12);4H2,1-3H3. The molecule has 0 heterocycles. The molecular formula is C11H26N3O6P. The average molecular weight is 327 g/mol. The lowest BCUT2D eigenvalue weighted by Crippen LogP contribution is -2.45. The van der Waals surface area contributed by atoms with E-state index in [0.717, 1.165) is 12.8 Å². The van der Waals surface area contributed by atoms with Gasteiger partial charge in [-0.25, -0.2) is 4.57 Å². The normalized spacial score (nSPS) is 11.3. The molecule has 126 valence electrons. The maximum absolute atomic E-state index is 10.6. The Morgan fingerprint density at radius 1 is 1.19 bits per heavy atom. The molecule has 0 saturated carbocycles. The fourth-order valence-corrected chi connectivity index (χ4v) is 1.45. The Morgan fingerprint density at radius 3 is 2.00 bits per heavy atom. The second-order valence-electron chi connectivity index (χ2n) is 5.45. The van der Waals surface area contributed by atoms with Gasteiger partial charge >= 0.3 is 13.2 Å². The Kier molecular flexibility index (Phi) is 11.4. The Balaban J connectivity index is 0. The number of carbonyl (C=O) groups excluding carboxylic acids is 2. The molecule has 0 aromatic heterocycles. The van der Waals surface area contributed by atoms with Crippen molar-refractivity contribution in [3.8, 4) is 0 Å². The van der Waals surface area contributed by atoms with Gasteiger partial charge in [0, 0.05) is 6.54 Å². The van der Waals surface area contributed by atoms with Gasteiger partial charge in [0.1, 0.15) is 6.54 Å². The van der Waals surface area contributed by atoms with Crippen LogP contribution in [-0.2, 0) is 9.36 Å². The van der Waals surface area contributed by atoms with Gasteiger partial charge in [0.2, 0.25) is 0 Å². The second-order valence-corrected chi connectivity index (χ2v) is 6.94. The molecule has 21 heavy (non-hydrogen) atoms. The quantitative estimate of drug-likeness (QED) is 0.239. The van der Waals surface area contributed by atoms with E-state index >= 15 is 0 Å². The number of carbonyl (C=O) groups is 2. The lowest BCUT2D eigenvalue weighted by Gasteiger charge is -2.23. The minimum atomic E-state index is -4.59. The molecule has 0 aliphatic rings. The first-order chi connectivity index (χ1) is 9.40. The molecule has 0 radical (unpaired) electrons. The van der Waals surface area contributed by atoms with Gasteiger partial charge in [-0.1, -0.05) is 6.42 Å². The summed E-state index contributed by atoms with van der Waals surface area (Å²) in [7, 11) is 0.817. The molecular weight excluding hydrogens is 301 g/mol. The lowest BCUT2D eigenvalue weighted by molar-refractivity contribution is -0.864. The zero-order valence-corrected chi connectivity index (χ0v) is 13.6. The van der Waals surface area contributed by atoms with Crippen LogP contribution in [0.25, 0.3) is 0 Å². The van der Waals surface area contributed by atoms with E-state index in [1.54, 1.807) is 21.1 Å². The van der Waals surface area contributed by atoms with Crippen LogP contribution in [0.15, 0.2) is 0 Å². The molecule has 0 rings (SSSR count). The van der Waals surface area contributed by atoms with Crippen molar-refractivity contribution in [3.63, 3.8) is 0 Å². The maximum Gasteiger partial charge on any atom is 0.413 e. The van der Waals surface area contributed by atoms with Gasteiger partial charge in [0.25, 0.3) is 0 Å². The van der Waals surface area contributed by atoms with E-state index in [1.807, 2.05) is 0 Å². The fourth-order valence-electron chi connectivity index (χ4n) is 1.13. The minimum Gasteiger partial charge on any atom is -0.544 e. The number of likely N-dealkylation sites (N-methyl/N-ethyl adjacent to an activating group) is 1. The number of hydrogen-bond acceptors (Lipinski definition) is 5. The van der Waals surface area contributed by atoms with Crippen LogP contribution in [-0.4, -0.2) is 66.7 Å². The van der Waals surface area contributed by atoms with E-state index in [-0.39, 0.29) is 13.1 Å². The molecule has 10 heteroatoms. The Labute approximate surface area is 124 Å². The second kappa shape index (κ2) is 10.7. The third kappa shape index (κ3) is 19.0. The van der Waals surface area contributed by atoms with Gasteiger partial charge in [-0.3, -0.25) is 4.79 Å². The van der Waals surface area contributed by atoms with Gasteiger partial charge in [-0.2, -0.15) is 0 Å². The molecule has 9 nitrogen and oxygen atoms in total. The molecule has 1 amide bonds. The summed E-state index contributed by atoms with van der Waals surface area (Å²) in [6.07, 6.45) is 2.38. The van der Waals surface area contributed by atoms with Crippen molar-refractivity contribution >= 4 is 19.2 Å². The van der Waals surface area contributed by atoms with Crippen LogP contribution >= 0.6 is 7.60 Å². The summed E-state index contributed by atoms with van der Waals surface area (Å²) in [5, 5.41) is 12.0. The highest BCUT2D eigenvalue weighted by atomic mass is 31.2. The number of quaternary nitrogens is 1. The number of unbranched alkanes of at least 4 members (excludes halogenated alkanes) is 2. The molecule has 0 aliphatic heterocycles. The zero-order chi connectivity index (χ0) is 17.1. The van der Waals surface area contributed by atoms with Crippen LogP contribution in [0.4, 0.5) is 4.79 Å². The zero-order valence-electron chi connectivity index (χ0n) is 12.7. The lowest BCUT2D eigenvalue weighted by atomic mass is 10.2. The average Bonchev–Trinajstić information content (AvgIpc) is 2.24. The summed E-state index contributed by atoms with van der Waals surface area (Å²) in [5.41, 5.74) is 4.02. The highest BCUT2D eigenvalue weighted by molar-refractivity contribution is 7.69. The third-order valence-corrected chi connectivity index (χ3v) is 2.71. The number of nitrogens with one attached hydrogen (secondary N) is 1. The van der Waals surface area contributed by atoms with Gasteiger partial charge in [0.15, 0.2) is 0 Å². The summed E-state index contributed by atoms with van der Waals surface area (Å²) in [4.78, 5) is 37.2. The summed E-state index contributed by atoms with van der Waals surface area (Å²) < 4.78 is 10.7. The topological polar surface area (TPSA) is 153 Å². The molecule has 0 aromatic carbocycles. The number of amides is 1. The van der Waals surface area contributed by atoms with E-state index < -0.39 is 19.2 Å². The van der Waals surface area contributed by atoms with Crippen molar-refractivity contribution in [1.82, 2.24) is 5.32 Å². The van der Waals surface area contributed by atoms with E-state index in [9.17, 15) is 19.3 Å². The summed E-state index contributed by atoms with van der Waals surface area (Å²) >= 11 is 0. The Bertz CT molecular complexity index is 363. The first-order valence-corrected chi connectivity index (χ1v) is 8.05. The Hall–Kier alpha value is -0.990. The summed E-state index contributed by atoms with van der Waals surface area (Å²) in [5.74, 6) is -1.00. The minimum absolute atomic E-state index is 0.0694. The van der Waals surface area contributed by atoms with Crippen LogP contribution in [0.3, 0.4) is 0 Å². The molecule has 5 N–H and O–H groups in total. The van der Waals surface area contributed by atoms with Crippen molar-refractivity contribution in [2.24, 2.45) is 5.73 Å². The van der Waals surface area contributed by atoms with Crippen molar-refractivity contribution < 1.29 is 33.5 Å². The van der Waals surface area contributed by atoms with Gasteiger partial charge in [-0.15, -0.1) is 0 Å². The highest BCUT2D eigenvalue weighted by Gasteiger charge is 2.24. The van der Waals surface area contributed by atoms with E-state index in [1.165, 1.54) is 0 Å². The van der Waals surface area contributed by atoms with Crippen molar-refractivity contribution in [3.05, 3.63) is 0 Å². The highest BCUT2D eigenvalue weighted by Crippen LogP contribution is 2.34. The van der Waals surface area contributed by atoms with Crippen LogP contribution in [0, 0.1) is 0 Å². The molecule has 0 bridgehead atoms. The van der Waals surface area contributed by atoms with Crippen LogP contribution < -0.4 is 16.2 Å². The summed E-state index contributed by atoms with van der Waals surface area (Å²) in [6, 6.07) is 0. The first-order valence-electron chi connectivity index (χ1n) is 6.44. The number of hydrogen-bond donors (Lipinski definition) is 4. The number of aliphatic carboxylic acids is 1. The maximum atomic E-state index is 10.6. The third-order valence-electron chi connectivity index (χ3n) is 2.03. The monoisotopic (exact) mass is 327 g/mol. The molecule has 0 spiro atoms. The van der Waals surface area contributed by atoms with Crippen molar-refractivity contribution in [2.75, 3.05) is 40.8 Å². The molecule has 0 fully saturated rings. The van der Waals surface area contributed by atoms with Crippen LogP contribution in [0.2, 0.25) is 0 Å². The molecule has 0 unspecified atom stereocenters. The SMILES string of the molecule is C[N+](C)(C)CC(=O)[O-].NCCCCCNC(=O)P(=O)(O)O. The largest absolute Gasteiger partial charge is 0.544 e. The number of nitrogens with two attached hydrogens (primary N) is 1. The van der Waals surface area contributed by atoms with Crippen molar-refractivity contribution in [2.45, 2.75) is 19.3 Å². The number of nitrogens with zero attached hydrogens (tertiary/aromatic N) is 1. The number of rotatable bonds is 8. The van der Waals surface area contributed by atoms with E-state index in [4.69, 9.17) is 15.5 Å². The van der Waals surface area contributed by atoms with Crippen LogP contribution in [0.1, 0.15) is 19.3 Å². The first kappa shape index (κ1) is 22.3.